The van der Waals surface area contributed by atoms with Gasteiger partial charge in [0.1, 0.15) is 5.82 Å². The highest BCUT2D eigenvalue weighted by Gasteiger charge is 2.21. The Bertz CT molecular complexity index is 783. The lowest BCUT2D eigenvalue weighted by Gasteiger charge is -2.07. The van der Waals surface area contributed by atoms with Crippen LogP contribution in [0.5, 0.6) is 0 Å². The minimum absolute atomic E-state index is 0.237. The van der Waals surface area contributed by atoms with E-state index in [9.17, 15) is 4.39 Å². The van der Waals surface area contributed by atoms with Gasteiger partial charge in [-0.05, 0) is 37.6 Å². The number of nitrogens with two attached hydrogens (primary N) is 1. The lowest BCUT2D eigenvalue weighted by molar-refractivity contribution is 0.631. The second-order valence-electron chi connectivity index (χ2n) is 4.81. The van der Waals surface area contributed by atoms with E-state index in [0.29, 0.717) is 16.3 Å². The highest BCUT2D eigenvalue weighted by molar-refractivity contribution is 7.15. The molecule has 1 aromatic carbocycles. The van der Waals surface area contributed by atoms with E-state index in [2.05, 4.69) is 10.2 Å². The first-order valence-electron chi connectivity index (χ1n) is 6.34. The van der Waals surface area contributed by atoms with Crippen LogP contribution in [0, 0.1) is 19.7 Å². The van der Waals surface area contributed by atoms with Crippen LogP contribution in [-0.4, -0.2) is 10.2 Å². The fourth-order valence-electron chi connectivity index (χ4n) is 2.22. The molecule has 0 saturated heterocycles. The average Bonchev–Trinajstić information content (AvgIpc) is 2.94. The van der Waals surface area contributed by atoms with Crippen LogP contribution >= 0.6 is 22.9 Å². The summed E-state index contributed by atoms with van der Waals surface area (Å²) in [6.45, 7) is 4.07. The Kier molecular flexibility index (Phi) is 3.47. The number of H-pyrrole nitrogens is 1. The second-order valence-corrected chi connectivity index (χ2v) is 6.47. The summed E-state index contributed by atoms with van der Waals surface area (Å²) in [6, 6.07) is 6.60. The molecule has 2 heterocycles. The number of nitrogen functional groups attached to an aromatic ring is 1. The van der Waals surface area contributed by atoms with Gasteiger partial charge >= 0.3 is 0 Å². The molecule has 0 aliphatic carbocycles. The number of nitrogens with zero attached hydrogens (tertiary/aromatic N) is 1. The number of hydrogen-bond acceptors (Lipinski definition) is 3. The molecule has 2 aromatic heterocycles. The molecule has 3 rings (SSSR count). The molecule has 0 atom stereocenters. The number of aromatic amines is 1. The molecular formula is C15H13ClFN3S. The minimum atomic E-state index is -0.415. The summed E-state index contributed by atoms with van der Waals surface area (Å²) in [7, 11) is 0. The first kappa shape index (κ1) is 14.1. The average molecular weight is 322 g/mol. The number of benzene rings is 1. The summed E-state index contributed by atoms with van der Waals surface area (Å²) in [5, 5.41) is 7.23. The Morgan fingerprint density at radius 1 is 1.29 bits per heavy atom. The van der Waals surface area contributed by atoms with Crippen molar-refractivity contribution in [1.29, 1.82) is 0 Å². The molecule has 3 aromatic rings. The molecule has 0 unspecified atom stereocenters. The normalized spacial score (nSPS) is 11.0. The summed E-state index contributed by atoms with van der Waals surface area (Å²) < 4.78 is 14.2. The molecule has 0 aliphatic heterocycles. The molecule has 0 fully saturated rings. The molecule has 6 heteroatoms. The predicted molar refractivity (Wildman–Crippen MR) is 86.2 cm³/mol. The van der Waals surface area contributed by atoms with Crippen LogP contribution < -0.4 is 5.73 Å². The number of aryl methyl sites for hydroxylation is 2. The Labute approximate surface area is 130 Å². The molecule has 3 N–H and O–H groups in total. The Morgan fingerprint density at radius 3 is 2.67 bits per heavy atom. The van der Waals surface area contributed by atoms with Crippen LogP contribution in [-0.2, 0) is 0 Å². The van der Waals surface area contributed by atoms with E-state index in [1.165, 1.54) is 16.5 Å². The Hall–Kier alpha value is -1.85. The third kappa shape index (κ3) is 2.32. The van der Waals surface area contributed by atoms with Gasteiger partial charge in [0.05, 0.1) is 21.2 Å². The van der Waals surface area contributed by atoms with Crippen molar-refractivity contribution < 1.29 is 4.39 Å². The van der Waals surface area contributed by atoms with Gasteiger partial charge in [0.15, 0.2) is 5.82 Å². The standard InChI is InChI=1S/C15H13ClFN3S/c1-7-6-11(21-8(7)2)14-13(15(18)20-19-14)12-9(16)4-3-5-10(12)17/h3-6H,1-2H3,(H3,18,19,20). The molecule has 0 amide bonds. The zero-order chi connectivity index (χ0) is 15.1. The van der Waals surface area contributed by atoms with Gasteiger partial charge in [0.25, 0.3) is 0 Å². The van der Waals surface area contributed by atoms with E-state index in [-0.39, 0.29) is 11.4 Å². The van der Waals surface area contributed by atoms with Crippen LogP contribution in [0.25, 0.3) is 21.7 Å². The van der Waals surface area contributed by atoms with Gasteiger partial charge in [-0.2, -0.15) is 5.10 Å². The van der Waals surface area contributed by atoms with Gasteiger partial charge in [-0.15, -0.1) is 11.3 Å². The molecule has 0 aliphatic rings. The summed E-state index contributed by atoms with van der Waals surface area (Å²) in [5.74, 6) is -0.178. The van der Waals surface area contributed by atoms with E-state index < -0.39 is 5.82 Å². The van der Waals surface area contributed by atoms with Crippen molar-refractivity contribution in [3.05, 3.63) is 45.5 Å². The number of thiophene rings is 1. The number of aromatic nitrogens is 2. The lowest BCUT2D eigenvalue weighted by atomic mass is 10.0. The topological polar surface area (TPSA) is 54.7 Å². The van der Waals surface area contributed by atoms with Gasteiger partial charge in [0, 0.05) is 10.4 Å². The summed E-state index contributed by atoms with van der Waals surface area (Å²) in [5.41, 5.74) is 8.60. The zero-order valence-electron chi connectivity index (χ0n) is 11.5. The molecule has 21 heavy (non-hydrogen) atoms. The smallest absolute Gasteiger partial charge is 0.153 e. The van der Waals surface area contributed by atoms with E-state index >= 15 is 0 Å². The maximum Gasteiger partial charge on any atom is 0.153 e. The number of hydrogen-bond donors (Lipinski definition) is 2. The van der Waals surface area contributed by atoms with Crippen molar-refractivity contribution in [2.75, 3.05) is 5.73 Å². The summed E-state index contributed by atoms with van der Waals surface area (Å²) in [4.78, 5) is 2.16. The number of halogens is 2. The Balaban J connectivity index is 2.27. The van der Waals surface area contributed by atoms with Crippen molar-refractivity contribution in [2.45, 2.75) is 13.8 Å². The summed E-state index contributed by atoms with van der Waals surface area (Å²) >= 11 is 7.76. The van der Waals surface area contributed by atoms with Gasteiger partial charge in [0.2, 0.25) is 0 Å². The Morgan fingerprint density at radius 2 is 2.05 bits per heavy atom. The van der Waals surface area contributed by atoms with Crippen molar-refractivity contribution >= 4 is 28.8 Å². The predicted octanol–water partition coefficient (Wildman–Crippen LogP) is 4.80. The van der Waals surface area contributed by atoms with Crippen LogP contribution in [0.1, 0.15) is 10.4 Å². The van der Waals surface area contributed by atoms with Gasteiger partial charge in [-0.3, -0.25) is 5.10 Å². The quantitative estimate of drug-likeness (QED) is 0.712. The van der Waals surface area contributed by atoms with E-state index in [0.717, 1.165) is 4.88 Å². The fourth-order valence-corrected chi connectivity index (χ4v) is 3.51. The molecule has 0 spiro atoms. The van der Waals surface area contributed by atoms with Gasteiger partial charge in [-0.25, -0.2) is 4.39 Å². The van der Waals surface area contributed by atoms with Gasteiger partial charge < -0.3 is 5.73 Å². The molecular weight excluding hydrogens is 309 g/mol. The van der Waals surface area contributed by atoms with Crippen LogP contribution in [0.4, 0.5) is 10.2 Å². The molecule has 108 valence electrons. The number of nitrogens with one attached hydrogen (secondary N) is 1. The van der Waals surface area contributed by atoms with Crippen LogP contribution in [0.2, 0.25) is 5.02 Å². The third-order valence-corrected chi connectivity index (χ3v) is 4.90. The maximum absolute atomic E-state index is 14.2. The fraction of sp³-hybridized carbons (Fsp3) is 0.133. The maximum atomic E-state index is 14.2. The third-order valence-electron chi connectivity index (χ3n) is 3.42. The molecule has 0 saturated carbocycles. The van der Waals surface area contributed by atoms with Crippen molar-refractivity contribution in [2.24, 2.45) is 0 Å². The van der Waals surface area contributed by atoms with Crippen LogP contribution in [0.3, 0.4) is 0 Å². The van der Waals surface area contributed by atoms with E-state index in [1.807, 2.05) is 19.9 Å². The SMILES string of the molecule is Cc1cc(-c2[nH]nc(N)c2-c2c(F)cccc2Cl)sc1C. The van der Waals surface area contributed by atoms with E-state index in [1.54, 1.807) is 23.5 Å². The molecule has 3 nitrogen and oxygen atoms in total. The number of anilines is 1. The van der Waals surface area contributed by atoms with E-state index in [4.69, 9.17) is 17.3 Å². The van der Waals surface area contributed by atoms with Crippen molar-refractivity contribution in [3.8, 4) is 21.7 Å². The van der Waals surface area contributed by atoms with Crippen LogP contribution in [0.15, 0.2) is 24.3 Å². The number of rotatable bonds is 2. The highest BCUT2D eigenvalue weighted by Crippen LogP contribution is 2.42. The highest BCUT2D eigenvalue weighted by atomic mass is 35.5. The largest absolute Gasteiger partial charge is 0.382 e. The lowest BCUT2D eigenvalue weighted by Crippen LogP contribution is -1.92. The first-order chi connectivity index (χ1) is 9.99. The van der Waals surface area contributed by atoms with Gasteiger partial charge in [-0.1, -0.05) is 17.7 Å². The minimum Gasteiger partial charge on any atom is -0.382 e. The second kappa shape index (κ2) is 5.16. The van der Waals surface area contributed by atoms with Crippen molar-refractivity contribution in [3.63, 3.8) is 0 Å². The molecule has 0 radical (unpaired) electrons. The summed E-state index contributed by atoms with van der Waals surface area (Å²) in [6.07, 6.45) is 0. The zero-order valence-corrected chi connectivity index (χ0v) is 13.1. The monoisotopic (exact) mass is 321 g/mol. The molecule has 0 bridgehead atoms. The first-order valence-corrected chi connectivity index (χ1v) is 7.54. The van der Waals surface area contributed by atoms with Crippen molar-refractivity contribution in [1.82, 2.24) is 10.2 Å².